The summed E-state index contributed by atoms with van der Waals surface area (Å²) in [5.74, 6) is 0.557. The summed E-state index contributed by atoms with van der Waals surface area (Å²) in [4.78, 5) is 17.0. The zero-order chi connectivity index (χ0) is 15.2. The highest BCUT2D eigenvalue weighted by atomic mass is 79.9. The summed E-state index contributed by atoms with van der Waals surface area (Å²) in [5.41, 5.74) is 1.37. The molecule has 0 atom stereocenters. The normalized spacial score (nSPS) is 10.4. The molecule has 21 heavy (non-hydrogen) atoms. The van der Waals surface area contributed by atoms with Crippen molar-refractivity contribution >= 4 is 21.8 Å². The van der Waals surface area contributed by atoms with Gasteiger partial charge in [-0.1, -0.05) is 18.2 Å². The number of carbonyl (C=O) groups is 1. The number of benzene rings is 1. The highest BCUT2D eigenvalue weighted by Gasteiger charge is 2.18. The van der Waals surface area contributed by atoms with E-state index in [0.29, 0.717) is 12.2 Å². The molecule has 0 aliphatic rings. The maximum Gasteiger partial charge on any atom is 0.270 e. The average molecular weight is 353 g/mol. The molecule has 0 unspecified atom stereocenters. The number of aromatic amines is 1. The van der Waals surface area contributed by atoms with Crippen molar-refractivity contribution in [1.29, 1.82) is 0 Å². The predicted octanol–water partition coefficient (Wildman–Crippen LogP) is 2.42. The Morgan fingerprint density at radius 2 is 2.19 bits per heavy atom. The molecule has 0 fully saturated rings. The highest BCUT2D eigenvalue weighted by molar-refractivity contribution is 9.10. The van der Waals surface area contributed by atoms with E-state index in [4.69, 9.17) is 4.74 Å². The molecule has 0 saturated heterocycles. The van der Waals surface area contributed by atoms with Gasteiger partial charge in [-0.25, -0.2) is 0 Å². The lowest BCUT2D eigenvalue weighted by atomic mass is 10.2. The summed E-state index contributed by atoms with van der Waals surface area (Å²) in [7, 11) is 1.60. The largest absolute Gasteiger partial charge is 0.496 e. The van der Waals surface area contributed by atoms with E-state index in [1.54, 1.807) is 24.3 Å². The molecule has 0 aliphatic carbocycles. The topological polar surface area (TPSA) is 65.6 Å². The van der Waals surface area contributed by atoms with E-state index >= 15 is 0 Å². The first-order valence-corrected chi connectivity index (χ1v) is 7.31. The lowest BCUT2D eigenvalue weighted by Gasteiger charge is -2.22. The molecule has 2 aromatic rings. The number of amides is 1. The second-order valence-electron chi connectivity index (χ2n) is 4.49. The number of aliphatic hydroxyl groups is 1. The molecule has 6 heteroatoms. The van der Waals surface area contributed by atoms with Crippen molar-refractivity contribution in [3.63, 3.8) is 0 Å². The molecule has 112 valence electrons. The molecular weight excluding hydrogens is 336 g/mol. The number of H-pyrrole nitrogens is 1. The van der Waals surface area contributed by atoms with Crippen LogP contribution in [0.2, 0.25) is 0 Å². The Labute approximate surface area is 131 Å². The first-order chi connectivity index (χ1) is 10.2. The van der Waals surface area contributed by atoms with Gasteiger partial charge in [0.25, 0.3) is 5.91 Å². The van der Waals surface area contributed by atoms with Crippen LogP contribution >= 0.6 is 15.9 Å². The molecule has 0 bridgehead atoms. The van der Waals surface area contributed by atoms with Gasteiger partial charge in [0.2, 0.25) is 0 Å². The lowest BCUT2D eigenvalue weighted by molar-refractivity contribution is 0.0701. The number of para-hydroxylation sites is 1. The number of halogens is 1. The van der Waals surface area contributed by atoms with Gasteiger partial charge in [-0.2, -0.15) is 0 Å². The first-order valence-electron chi connectivity index (χ1n) is 6.51. The molecule has 2 rings (SSSR count). The Morgan fingerprint density at radius 1 is 1.43 bits per heavy atom. The van der Waals surface area contributed by atoms with Crippen molar-refractivity contribution in [1.82, 2.24) is 9.88 Å². The number of hydrogen-bond acceptors (Lipinski definition) is 3. The van der Waals surface area contributed by atoms with Crippen molar-refractivity contribution in [3.05, 3.63) is 52.3 Å². The maximum atomic E-state index is 12.5. The molecule has 0 radical (unpaired) electrons. The zero-order valence-corrected chi connectivity index (χ0v) is 13.3. The summed E-state index contributed by atoms with van der Waals surface area (Å²) in [5, 5.41) is 9.20. The second kappa shape index (κ2) is 7.28. The van der Waals surface area contributed by atoms with E-state index in [2.05, 4.69) is 20.9 Å². The van der Waals surface area contributed by atoms with E-state index < -0.39 is 0 Å². The van der Waals surface area contributed by atoms with Gasteiger partial charge in [0.1, 0.15) is 11.4 Å². The Balaban J connectivity index is 2.21. The summed E-state index contributed by atoms with van der Waals surface area (Å²) in [6.45, 7) is 0.538. The monoisotopic (exact) mass is 352 g/mol. The van der Waals surface area contributed by atoms with Crippen molar-refractivity contribution in [2.45, 2.75) is 6.54 Å². The number of nitrogens with zero attached hydrogens (tertiary/aromatic N) is 1. The molecule has 1 aromatic heterocycles. The van der Waals surface area contributed by atoms with Gasteiger partial charge >= 0.3 is 0 Å². The third-order valence-electron chi connectivity index (χ3n) is 3.09. The number of carbonyl (C=O) groups excluding carboxylic acids is 1. The third kappa shape index (κ3) is 3.86. The van der Waals surface area contributed by atoms with Crippen LogP contribution in [-0.4, -0.2) is 41.2 Å². The smallest absolute Gasteiger partial charge is 0.270 e. The number of aliphatic hydroxyl groups excluding tert-OH is 1. The summed E-state index contributed by atoms with van der Waals surface area (Å²) < 4.78 is 6.11. The van der Waals surface area contributed by atoms with Crippen molar-refractivity contribution < 1.29 is 14.6 Å². The zero-order valence-electron chi connectivity index (χ0n) is 11.7. The molecule has 5 nitrogen and oxygen atoms in total. The standard InChI is InChI=1S/C15H17BrN2O3/c1-21-14-5-3-2-4-11(14)10-18(6-7-19)15(20)13-8-12(16)9-17-13/h2-5,8-9,17,19H,6-7,10H2,1H3. The Kier molecular flexibility index (Phi) is 5.41. The van der Waals surface area contributed by atoms with Crippen LogP contribution in [0.15, 0.2) is 41.0 Å². The van der Waals surface area contributed by atoms with Gasteiger partial charge in [-0.15, -0.1) is 0 Å². The van der Waals surface area contributed by atoms with Crippen molar-refractivity contribution in [3.8, 4) is 5.75 Å². The van der Waals surface area contributed by atoms with Crippen LogP contribution in [0.3, 0.4) is 0 Å². The first kappa shape index (κ1) is 15.6. The maximum absolute atomic E-state index is 12.5. The second-order valence-corrected chi connectivity index (χ2v) is 5.41. The van der Waals surface area contributed by atoms with E-state index in [1.165, 1.54) is 0 Å². The molecule has 0 aliphatic heterocycles. The fourth-order valence-corrected chi connectivity index (χ4v) is 2.42. The van der Waals surface area contributed by atoms with Gasteiger partial charge in [0, 0.05) is 29.3 Å². The van der Waals surface area contributed by atoms with Gasteiger partial charge in [0.05, 0.1) is 13.7 Å². The van der Waals surface area contributed by atoms with E-state index in [0.717, 1.165) is 15.8 Å². The summed E-state index contributed by atoms with van der Waals surface area (Å²) in [6, 6.07) is 9.24. The summed E-state index contributed by atoms with van der Waals surface area (Å²) >= 11 is 3.31. The van der Waals surface area contributed by atoms with Crippen molar-refractivity contribution in [2.75, 3.05) is 20.3 Å². The number of methoxy groups -OCH3 is 1. The number of hydrogen-bond donors (Lipinski definition) is 2. The van der Waals surface area contributed by atoms with Crippen LogP contribution in [0.25, 0.3) is 0 Å². The molecule has 1 heterocycles. The van der Waals surface area contributed by atoms with Crippen molar-refractivity contribution in [2.24, 2.45) is 0 Å². The minimum Gasteiger partial charge on any atom is -0.496 e. The quantitative estimate of drug-likeness (QED) is 0.838. The van der Waals surface area contributed by atoms with Crippen LogP contribution in [-0.2, 0) is 6.54 Å². The number of aromatic nitrogens is 1. The van der Waals surface area contributed by atoms with Crippen LogP contribution in [0.1, 0.15) is 16.1 Å². The van der Waals surface area contributed by atoms with Gasteiger partial charge in [-0.05, 0) is 28.1 Å². The predicted molar refractivity (Wildman–Crippen MR) is 83.3 cm³/mol. The number of ether oxygens (including phenoxy) is 1. The fourth-order valence-electron chi connectivity index (χ4n) is 2.07. The minimum atomic E-state index is -0.166. The summed E-state index contributed by atoms with van der Waals surface area (Å²) in [6.07, 6.45) is 1.70. The van der Waals surface area contributed by atoms with Crippen LogP contribution in [0.4, 0.5) is 0 Å². The Hall–Kier alpha value is -1.79. The average Bonchev–Trinajstić information content (AvgIpc) is 2.93. The van der Waals surface area contributed by atoms with Crippen LogP contribution < -0.4 is 4.74 Å². The SMILES string of the molecule is COc1ccccc1CN(CCO)C(=O)c1cc(Br)c[nH]1. The van der Waals surface area contributed by atoms with Gasteiger partial charge in [-0.3, -0.25) is 4.79 Å². The highest BCUT2D eigenvalue weighted by Crippen LogP contribution is 2.20. The van der Waals surface area contributed by atoms with Crippen LogP contribution in [0, 0.1) is 0 Å². The van der Waals surface area contributed by atoms with Crippen LogP contribution in [0.5, 0.6) is 5.75 Å². The minimum absolute atomic E-state index is 0.0945. The molecule has 2 N–H and O–H groups in total. The lowest BCUT2D eigenvalue weighted by Crippen LogP contribution is -2.33. The molecule has 1 amide bonds. The van der Waals surface area contributed by atoms with Gasteiger partial charge in [0.15, 0.2) is 0 Å². The molecular formula is C15H17BrN2O3. The molecule has 0 saturated carbocycles. The number of rotatable bonds is 6. The van der Waals surface area contributed by atoms with Gasteiger partial charge < -0.3 is 19.7 Å². The molecule has 1 aromatic carbocycles. The van der Waals surface area contributed by atoms with E-state index in [1.807, 2.05) is 24.3 Å². The number of nitrogens with one attached hydrogen (secondary N) is 1. The van der Waals surface area contributed by atoms with E-state index in [9.17, 15) is 9.90 Å². The Morgan fingerprint density at radius 3 is 2.81 bits per heavy atom. The Bertz CT molecular complexity index is 612. The molecule has 0 spiro atoms. The van der Waals surface area contributed by atoms with E-state index in [-0.39, 0.29) is 19.1 Å². The fraction of sp³-hybridized carbons (Fsp3) is 0.267. The third-order valence-corrected chi connectivity index (χ3v) is 3.55.